The average Bonchev–Trinajstić information content (AvgIpc) is 3.39. The van der Waals surface area contributed by atoms with E-state index in [4.69, 9.17) is 9.15 Å². The highest BCUT2D eigenvalue weighted by Gasteiger charge is 2.23. The molecule has 0 radical (unpaired) electrons. The molecule has 1 aliphatic rings. The summed E-state index contributed by atoms with van der Waals surface area (Å²) in [4.78, 5) is 37.9. The van der Waals surface area contributed by atoms with E-state index in [1.807, 2.05) is 36.4 Å². The molecule has 0 spiro atoms. The molecular weight excluding hydrogens is 384 g/mol. The van der Waals surface area contributed by atoms with Crippen molar-refractivity contribution in [3.05, 3.63) is 72.2 Å². The van der Waals surface area contributed by atoms with Crippen LogP contribution in [0, 0.1) is 0 Å². The maximum atomic E-state index is 12.4. The minimum atomic E-state index is -0.708. The van der Waals surface area contributed by atoms with Crippen LogP contribution in [0.1, 0.15) is 23.0 Å². The number of nitrogens with zero attached hydrogens (tertiary/aromatic N) is 1. The predicted molar refractivity (Wildman–Crippen MR) is 111 cm³/mol. The summed E-state index contributed by atoms with van der Waals surface area (Å²) in [7, 11) is 0. The highest BCUT2D eigenvalue weighted by molar-refractivity contribution is 5.98. The smallest absolute Gasteiger partial charge is 0.375 e. The number of furan rings is 1. The molecule has 7 nitrogen and oxygen atoms in total. The Morgan fingerprint density at radius 2 is 1.90 bits per heavy atom. The van der Waals surface area contributed by atoms with Crippen LogP contribution in [0.5, 0.6) is 0 Å². The van der Waals surface area contributed by atoms with Crippen LogP contribution in [-0.4, -0.2) is 30.9 Å². The lowest BCUT2D eigenvalue weighted by atomic mass is 10.1. The lowest BCUT2D eigenvalue weighted by molar-refractivity contribution is -0.119. The van der Waals surface area contributed by atoms with Crippen LogP contribution in [0.3, 0.4) is 0 Å². The van der Waals surface area contributed by atoms with Crippen LogP contribution in [0.15, 0.2) is 65.3 Å². The number of benzene rings is 2. The van der Waals surface area contributed by atoms with Crippen molar-refractivity contribution in [1.29, 1.82) is 0 Å². The number of hydrogen-bond acceptors (Lipinski definition) is 5. The molecule has 30 heavy (non-hydrogen) atoms. The molecule has 1 aliphatic heterocycles. The minimum Gasteiger partial charge on any atom is -0.457 e. The molecule has 4 rings (SSSR count). The maximum Gasteiger partial charge on any atom is 0.375 e. The quantitative estimate of drug-likeness (QED) is 0.656. The number of nitrogens with one attached hydrogen (secondary N) is 1. The standard InChI is InChI=1S/C23H20N2O5/c1-15(26)25-11-9-17-13-18(7-8-20(17)25)24-21(27)14-30-23(28)22-19(10-12-29-22)16-5-3-2-4-6-16/h2-8,10,12-13H,9,11,14H2,1H3,(H,24,27). The Labute approximate surface area is 173 Å². The van der Waals surface area contributed by atoms with Crippen LogP contribution in [0.25, 0.3) is 11.1 Å². The molecule has 7 heteroatoms. The van der Waals surface area contributed by atoms with Gasteiger partial charge in [-0.2, -0.15) is 0 Å². The highest BCUT2D eigenvalue weighted by Crippen LogP contribution is 2.30. The third kappa shape index (κ3) is 3.96. The first-order valence-corrected chi connectivity index (χ1v) is 9.54. The van der Waals surface area contributed by atoms with E-state index >= 15 is 0 Å². The second kappa shape index (κ2) is 8.24. The molecule has 0 saturated heterocycles. The SMILES string of the molecule is CC(=O)N1CCc2cc(NC(=O)COC(=O)c3occc3-c3ccccc3)ccc21. The largest absolute Gasteiger partial charge is 0.457 e. The summed E-state index contributed by atoms with van der Waals surface area (Å²) in [5.74, 6) is -1.13. The fourth-order valence-electron chi connectivity index (χ4n) is 3.51. The van der Waals surface area contributed by atoms with E-state index in [2.05, 4.69) is 5.32 Å². The van der Waals surface area contributed by atoms with Crippen LogP contribution < -0.4 is 10.2 Å². The van der Waals surface area contributed by atoms with Gasteiger partial charge in [0, 0.05) is 30.4 Å². The van der Waals surface area contributed by atoms with Crippen LogP contribution in [0.2, 0.25) is 0 Å². The van der Waals surface area contributed by atoms with Gasteiger partial charge in [-0.15, -0.1) is 0 Å². The third-order valence-electron chi connectivity index (χ3n) is 4.91. The highest BCUT2D eigenvalue weighted by atomic mass is 16.5. The lowest BCUT2D eigenvalue weighted by Crippen LogP contribution is -2.25. The molecule has 0 bridgehead atoms. The zero-order valence-corrected chi connectivity index (χ0v) is 16.4. The van der Waals surface area contributed by atoms with Gasteiger partial charge < -0.3 is 19.4 Å². The first-order valence-electron chi connectivity index (χ1n) is 9.54. The summed E-state index contributed by atoms with van der Waals surface area (Å²) in [6.07, 6.45) is 2.14. The van der Waals surface area contributed by atoms with Crippen molar-refractivity contribution in [2.24, 2.45) is 0 Å². The fourth-order valence-corrected chi connectivity index (χ4v) is 3.51. The first-order chi connectivity index (χ1) is 14.5. The molecule has 3 aromatic rings. The molecule has 0 aliphatic carbocycles. The van der Waals surface area contributed by atoms with E-state index in [0.717, 1.165) is 23.2 Å². The molecule has 1 aromatic heterocycles. The van der Waals surface area contributed by atoms with E-state index in [0.29, 0.717) is 17.8 Å². The number of carbonyl (C=O) groups is 3. The summed E-state index contributed by atoms with van der Waals surface area (Å²) in [6, 6.07) is 16.3. The molecule has 2 heterocycles. The third-order valence-corrected chi connectivity index (χ3v) is 4.91. The normalized spacial score (nSPS) is 12.4. The monoisotopic (exact) mass is 404 g/mol. The van der Waals surface area contributed by atoms with Gasteiger partial charge in [-0.05, 0) is 41.8 Å². The van der Waals surface area contributed by atoms with Crippen molar-refractivity contribution < 1.29 is 23.5 Å². The topological polar surface area (TPSA) is 88.9 Å². The second-order valence-corrected chi connectivity index (χ2v) is 6.92. The number of ether oxygens (including phenoxy) is 1. The minimum absolute atomic E-state index is 0.00903. The van der Waals surface area contributed by atoms with Crippen LogP contribution >= 0.6 is 0 Å². The number of hydrogen-bond donors (Lipinski definition) is 1. The Bertz CT molecular complexity index is 1100. The molecule has 2 aromatic carbocycles. The molecule has 0 unspecified atom stereocenters. The zero-order chi connectivity index (χ0) is 21.1. The Hall–Kier alpha value is -3.87. The maximum absolute atomic E-state index is 12.4. The van der Waals surface area contributed by atoms with Gasteiger partial charge in [0.05, 0.1) is 6.26 Å². The van der Waals surface area contributed by atoms with Crippen LogP contribution in [-0.2, 0) is 20.7 Å². The molecule has 1 N–H and O–H groups in total. The van der Waals surface area contributed by atoms with Crippen molar-refractivity contribution in [3.63, 3.8) is 0 Å². The molecule has 0 atom stereocenters. The van der Waals surface area contributed by atoms with E-state index in [1.165, 1.54) is 13.2 Å². The number of carbonyl (C=O) groups excluding carboxylic acids is 3. The second-order valence-electron chi connectivity index (χ2n) is 6.92. The number of anilines is 2. The van der Waals surface area contributed by atoms with E-state index in [9.17, 15) is 14.4 Å². The number of esters is 1. The summed E-state index contributed by atoms with van der Waals surface area (Å²) < 4.78 is 10.4. The molecule has 0 saturated carbocycles. The van der Waals surface area contributed by atoms with Gasteiger partial charge in [-0.1, -0.05) is 30.3 Å². The van der Waals surface area contributed by atoms with Gasteiger partial charge in [-0.3, -0.25) is 9.59 Å². The molecule has 152 valence electrons. The summed E-state index contributed by atoms with van der Waals surface area (Å²) in [5.41, 5.74) is 3.86. The average molecular weight is 404 g/mol. The van der Waals surface area contributed by atoms with Crippen molar-refractivity contribution in [3.8, 4) is 11.1 Å². The molecule has 0 fully saturated rings. The number of rotatable bonds is 5. The molecule has 2 amide bonds. The lowest BCUT2D eigenvalue weighted by Gasteiger charge is -2.15. The van der Waals surface area contributed by atoms with E-state index in [-0.39, 0.29) is 11.7 Å². The van der Waals surface area contributed by atoms with Gasteiger partial charge >= 0.3 is 5.97 Å². The predicted octanol–water partition coefficient (Wildman–Crippen LogP) is 3.65. The van der Waals surface area contributed by atoms with Crippen molar-refractivity contribution in [2.45, 2.75) is 13.3 Å². The Morgan fingerprint density at radius 1 is 1.10 bits per heavy atom. The Morgan fingerprint density at radius 3 is 2.67 bits per heavy atom. The summed E-state index contributed by atoms with van der Waals surface area (Å²) in [5, 5.41) is 2.71. The summed E-state index contributed by atoms with van der Waals surface area (Å²) >= 11 is 0. The number of amides is 2. The Balaban J connectivity index is 1.37. The molecular formula is C23H20N2O5. The first kappa shape index (κ1) is 19.4. The summed E-state index contributed by atoms with van der Waals surface area (Å²) in [6.45, 7) is 1.72. The van der Waals surface area contributed by atoms with E-state index in [1.54, 1.807) is 23.1 Å². The Kier molecular flexibility index (Phi) is 5.34. The van der Waals surface area contributed by atoms with Gasteiger partial charge in [0.15, 0.2) is 6.61 Å². The van der Waals surface area contributed by atoms with Gasteiger partial charge in [-0.25, -0.2) is 4.79 Å². The number of fused-ring (bicyclic) bond motifs is 1. The van der Waals surface area contributed by atoms with Crippen LogP contribution in [0.4, 0.5) is 11.4 Å². The van der Waals surface area contributed by atoms with Gasteiger partial charge in [0.1, 0.15) is 0 Å². The van der Waals surface area contributed by atoms with Crippen molar-refractivity contribution >= 4 is 29.2 Å². The van der Waals surface area contributed by atoms with Gasteiger partial charge in [0.25, 0.3) is 5.91 Å². The zero-order valence-electron chi connectivity index (χ0n) is 16.4. The van der Waals surface area contributed by atoms with Gasteiger partial charge in [0.2, 0.25) is 11.7 Å². The van der Waals surface area contributed by atoms with E-state index < -0.39 is 18.5 Å². The van der Waals surface area contributed by atoms with Crippen molar-refractivity contribution in [1.82, 2.24) is 0 Å². The van der Waals surface area contributed by atoms with Crippen molar-refractivity contribution in [2.75, 3.05) is 23.4 Å². The fraction of sp³-hybridized carbons (Fsp3) is 0.174.